The molecule has 0 N–H and O–H groups in total. The zero-order valence-electron chi connectivity index (χ0n) is 21.6. The van der Waals surface area contributed by atoms with Crippen LogP contribution in [0.25, 0.3) is 5.57 Å². The summed E-state index contributed by atoms with van der Waals surface area (Å²) in [6.07, 6.45) is 2.05. The standard InChI is InChI=1S/C27H39NO3SSi/c1-10-23(22-14-12-11-13-15-22)25-24(18-31-33(8,9)27(5,6)7)28(25)32(29,30)26-20(3)16-19(2)17-21(26)4/h10-17,24-25H,18H2,1-9H3/b23-10+/t24-,25-,28?/m0/s1. The van der Waals surface area contributed by atoms with Gasteiger partial charge in [0, 0.05) is 0 Å². The molecule has 0 bridgehead atoms. The lowest BCUT2D eigenvalue weighted by atomic mass is 10.0. The van der Waals surface area contributed by atoms with Gasteiger partial charge >= 0.3 is 0 Å². The molecule has 2 aromatic carbocycles. The van der Waals surface area contributed by atoms with Crippen LogP contribution in [-0.4, -0.2) is 39.7 Å². The molecule has 1 unspecified atom stereocenters. The monoisotopic (exact) mass is 485 g/mol. The normalized spacial score (nSPS) is 21.8. The molecule has 180 valence electrons. The highest BCUT2D eigenvalue weighted by Gasteiger charge is 2.58. The first kappa shape index (κ1) is 25.9. The van der Waals surface area contributed by atoms with E-state index < -0.39 is 18.3 Å². The SMILES string of the molecule is C/C=C(\c1ccccc1)[C@H]1[C@H](CO[Si](C)(C)C(C)(C)C)N1S(=O)(=O)c1c(C)cc(C)cc1C. The third-order valence-electron chi connectivity index (χ3n) is 7.17. The average Bonchev–Trinajstić information content (AvgIpc) is 3.41. The topological polar surface area (TPSA) is 46.4 Å². The Morgan fingerprint density at radius 2 is 1.61 bits per heavy atom. The van der Waals surface area contributed by atoms with Crippen molar-refractivity contribution < 1.29 is 12.8 Å². The second kappa shape index (κ2) is 9.14. The zero-order valence-corrected chi connectivity index (χ0v) is 23.4. The highest BCUT2D eigenvalue weighted by Crippen LogP contribution is 2.46. The quantitative estimate of drug-likeness (QED) is 0.333. The Morgan fingerprint density at radius 1 is 1.06 bits per heavy atom. The van der Waals surface area contributed by atoms with E-state index in [1.165, 1.54) is 0 Å². The van der Waals surface area contributed by atoms with Gasteiger partial charge in [-0.05, 0) is 68.1 Å². The molecule has 1 aliphatic heterocycles. The van der Waals surface area contributed by atoms with Crippen LogP contribution in [0.1, 0.15) is 49.9 Å². The first-order chi connectivity index (χ1) is 15.2. The molecule has 1 fully saturated rings. The summed E-state index contributed by atoms with van der Waals surface area (Å²) in [7, 11) is -5.70. The minimum Gasteiger partial charge on any atom is -0.415 e. The molecule has 33 heavy (non-hydrogen) atoms. The van der Waals surface area contributed by atoms with Crippen molar-refractivity contribution in [1.29, 1.82) is 0 Å². The number of benzene rings is 2. The summed E-state index contributed by atoms with van der Waals surface area (Å²) >= 11 is 0. The number of allylic oxidation sites excluding steroid dienone is 1. The molecule has 3 atom stereocenters. The van der Waals surface area contributed by atoms with Crippen LogP contribution in [0.2, 0.25) is 18.1 Å². The second-order valence-electron chi connectivity index (χ2n) is 10.8. The van der Waals surface area contributed by atoms with E-state index >= 15 is 0 Å². The van der Waals surface area contributed by atoms with Crippen LogP contribution in [-0.2, 0) is 14.4 Å². The van der Waals surface area contributed by atoms with Crippen LogP contribution in [0.5, 0.6) is 0 Å². The zero-order chi connectivity index (χ0) is 24.8. The molecule has 2 aromatic rings. The minimum atomic E-state index is -3.68. The Bertz CT molecular complexity index is 1120. The number of nitrogens with zero attached hydrogens (tertiary/aromatic N) is 1. The Kier molecular flexibility index (Phi) is 7.17. The predicted octanol–water partition coefficient (Wildman–Crippen LogP) is 6.48. The summed E-state index contributed by atoms with van der Waals surface area (Å²) in [6, 6.07) is 13.5. The maximum atomic E-state index is 14.0. The molecule has 0 radical (unpaired) electrons. The predicted molar refractivity (Wildman–Crippen MR) is 140 cm³/mol. The molecule has 3 rings (SSSR count). The summed E-state index contributed by atoms with van der Waals surface area (Å²) in [6.45, 7) is 19.2. The second-order valence-corrected chi connectivity index (χ2v) is 17.3. The van der Waals surface area contributed by atoms with Crippen molar-refractivity contribution in [2.45, 2.75) is 83.6 Å². The van der Waals surface area contributed by atoms with Crippen molar-refractivity contribution in [2.75, 3.05) is 6.61 Å². The molecular weight excluding hydrogens is 446 g/mol. The lowest BCUT2D eigenvalue weighted by Crippen LogP contribution is -2.42. The molecule has 0 aromatic heterocycles. The lowest BCUT2D eigenvalue weighted by Gasteiger charge is -2.36. The van der Waals surface area contributed by atoms with Crippen LogP contribution >= 0.6 is 0 Å². The van der Waals surface area contributed by atoms with Gasteiger partial charge in [0.05, 0.1) is 23.6 Å². The third-order valence-corrected chi connectivity index (χ3v) is 13.9. The van der Waals surface area contributed by atoms with E-state index in [1.807, 2.05) is 76.2 Å². The van der Waals surface area contributed by atoms with Crippen LogP contribution in [0.3, 0.4) is 0 Å². The van der Waals surface area contributed by atoms with Crippen molar-refractivity contribution in [3.63, 3.8) is 0 Å². The van der Waals surface area contributed by atoms with Crippen molar-refractivity contribution in [2.24, 2.45) is 0 Å². The van der Waals surface area contributed by atoms with Crippen molar-refractivity contribution in [1.82, 2.24) is 4.31 Å². The summed E-state index contributed by atoms with van der Waals surface area (Å²) in [5.41, 5.74) is 4.75. The first-order valence-corrected chi connectivity index (χ1v) is 16.0. The summed E-state index contributed by atoms with van der Waals surface area (Å²) in [4.78, 5) is 0.427. The van der Waals surface area contributed by atoms with Gasteiger partial charge in [0.15, 0.2) is 8.32 Å². The van der Waals surface area contributed by atoms with E-state index in [-0.39, 0.29) is 17.1 Å². The van der Waals surface area contributed by atoms with E-state index in [1.54, 1.807) is 4.31 Å². The molecule has 0 saturated carbocycles. The number of hydrogen-bond acceptors (Lipinski definition) is 3. The van der Waals surface area contributed by atoms with Gasteiger partial charge in [-0.1, -0.05) is 74.9 Å². The van der Waals surface area contributed by atoms with Crippen molar-refractivity contribution in [3.8, 4) is 0 Å². The summed E-state index contributed by atoms with van der Waals surface area (Å²) in [5, 5.41) is 0.0636. The molecule has 6 heteroatoms. The van der Waals surface area contributed by atoms with Crippen molar-refractivity contribution in [3.05, 3.63) is 70.8 Å². The molecule has 1 saturated heterocycles. The van der Waals surface area contributed by atoms with Gasteiger partial charge in [-0.2, -0.15) is 4.31 Å². The number of sulfonamides is 1. The van der Waals surface area contributed by atoms with Gasteiger partial charge in [0.25, 0.3) is 0 Å². The highest BCUT2D eigenvalue weighted by molar-refractivity contribution is 7.89. The van der Waals surface area contributed by atoms with Gasteiger partial charge in [-0.15, -0.1) is 0 Å². The van der Waals surface area contributed by atoms with Crippen LogP contribution in [0, 0.1) is 20.8 Å². The maximum Gasteiger partial charge on any atom is 0.244 e. The van der Waals surface area contributed by atoms with Gasteiger partial charge in [-0.25, -0.2) is 8.42 Å². The summed E-state index contributed by atoms with van der Waals surface area (Å²) < 4.78 is 36.2. The van der Waals surface area contributed by atoms with E-state index in [0.717, 1.165) is 27.8 Å². The van der Waals surface area contributed by atoms with Crippen LogP contribution in [0.15, 0.2) is 53.4 Å². The van der Waals surface area contributed by atoms with E-state index in [4.69, 9.17) is 4.43 Å². The van der Waals surface area contributed by atoms with E-state index in [9.17, 15) is 8.42 Å². The van der Waals surface area contributed by atoms with Crippen LogP contribution in [0.4, 0.5) is 0 Å². The fourth-order valence-electron chi connectivity index (χ4n) is 4.42. The van der Waals surface area contributed by atoms with E-state index in [0.29, 0.717) is 11.5 Å². The minimum absolute atomic E-state index is 0.0636. The molecule has 0 spiro atoms. The maximum absolute atomic E-state index is 14.0. The van der Waals surface area contributed by atoms with Gasteiger partial charge in [0.1, 0.15) is 0 Å². The van der Waals surface area contributed by atoms with Crippen LogP contribution < -0.4 is 0 Å². The van der Waals surface area contributed by atoms with Crippen molar-refractivity contribution >= 4 is 23.9 Å². The molecule has 1 aliphatic rings. The lowest BCUT2D eigenvalue weighted by molar-refractivity contribution is 0.281. The Morgan fingerprint density at radius 3 is 2.09 bits per heavy atom. The van der Waals surface area contributed by atoms with Gasteiger partial charge in [-0.3, -0.25) is 0 Å². The number of aryl methyl sites for hydroxylation is 3. The smallest absolute Gasteiger partial charge is 0.244 e. The third kappa shape index (κ3) is 5.04. The first-order valence-electron chi connectivity index (χ1n) is 11.7. The highest BCUT2D eigenvalue weighted by atomic mass is 32.2. The molecule has 4 nitrogen and oxygen atoms in total. The Labute approximate surface area is 201 Å². The summed E-state index contributed by atoms with van der Waals surface area (Å²) in [5.74, 6) is 0. The number of rotatable bonds is 7. The van der Waals surface area contributed by atoms with Gasteiger partial charge in [0.2, 0.25) is 10.0 Å². The largest absolute Gasteiger partial charge is 0.415 e. The molecule has 0 aliphatic carbocycles. The molecule has 1 heterocycles. The van der Waals surface area contributed by atoms with E-state index in [2.05, 4.69) is 33.9 Å². The fourth-order valence-corrected chi connectivity index (χ4v) is 7.62. The average molecular weight is 486 g/mol. The Hall–Kier alpha value is -1.73. The van der Waals surface area contributed by atoms with Gasteiger partial charge < -0.3 is 4.43 Å². The Balaban J connectivity index is 2.03. The molecular formula is C27H39NO3SSi. The number of hydrogen-bond donors (Lipinski definition) is 0. The fraction of sp³-hybridized carbons (Fsp3) is 0.481. The molecule has 0 amide bonds.